The summed E-state index contributed by atoms with van der Waals surface area (Å²) in [6.45, 7) is 7.93. The highest BCUT2D eigenvalue weighted by molar-refractivity contribution is 4.94. The molecule has 1 N–H and O–H groups in total. The van der Waals surface area contributed by atoms with Crippen molar-refractivity contribution >= 4 is 0 Å². The van der Waals surface area contributed by atoms with Crippen molar-refractivity contribution in [3.63, 3.8) is 0 Å². The van der Waals surface area contributed by atoms with Gasteiger partial charge >= 0.3 is 0 Å². The summed E-state index contributed by atoms with van der Waals surface area (Å²) in [6.07, 6.45) is 11.7. The minimum absolute atomic E-state index is 0.233. The maximum Gasteiger partial charge on any atom is 0.0697 e. The van der Waals surface area contributed by atoms with Crippen LogP contribution in [0.15, 0.2) is 0 Å². The molecule has 106 valence electrons. The van der Waals surface area contributed by atoms with Gasteiger partial charge in [-0.2, -0.15) is 0 Å². The molecule has 1 aliphatic carbocycles. The van der Waals surface area contributed by atoms with E-state index in [0.29, 0.717) is 6.04 Å². The van der Waals surface area contributed by atoms with E-state index in [0.717, 1.165) is 6.61 Å². The lowest BCUT2D eigenvalue weighted by atomic mass is 9.77. The lowest BCUT2D eigenvalue weighted by Crippen LogP contribution is -2.53. The second-order valence-corrected chi connectivity index (χ2v) is 7.06. The molecule has 0 bridgehead atoms. The van der Waals surface area contributed by atoms with E-state index in [2.05, 4.69) is 26.1 Å². The van der Waals surface area contributed by atoms with Crippen LogP contribution >= 0.6 is 0 Å². The Labute approximate surface area is 113 Å². The summed E-state index contributed by atoms with van der Waals surface area (Å²) in [7, 11) is 0. The van der Waals surface area contributed by atoms with Gasteiger partial charge in [-0.05, 0) is 46.0 Å². The van der Waals surface area contributed by atoms with Crippen LogP contribution in [0.5, 0.6) is 0 Å². The van der Waals surface area contributed by atoms with Crippen molar-refractivity contribution in [2.24, 2.45) is 0 Å². The predicted molar refractivity (Wildman–Crippen MR) is 76.9 cm³/mol. The number of hydrogen-bond acceptors (Lipinski definition) is 2. The van der Waals surface area contributed by atoms with Crippen molar-refractivity contribution in [3.05, 3.63) is 0 Å². The first kappa shape index (κ1) is 14.3. The van der Waals surface area contributed by atoms with Gasteiger partial charge in [-0.3, -0.25) is 0 Å². The molecule has 2 fully saturated rings. The number of rotatable bonds is 4. The quantitative estimate of drug-likeness (QED) is 0.816. The third-order valence-electron chi connectivity index (χ3n) is 4.73. The van der Waals surface area contributed by atoms with Gasteiger partial charge in [0, 0.05) is 18.2 Å². The molecule has 2 aliphatic rings. The van der Waals surface area contributed by atoms with E-state index in [-0.39, 0.29) is 11.1 Å². The van der Waals surface area contributed by atoms with Crippen molar-refractivity contribution in [2.75, 3.05) is 6.61 Å². The molecule has 2 heteroatoms. The van der Waals surface area contributed by atoms with Gasteiger partial charge in [-0.1, -0.05) is 32.6 Å². The minimum atomic E-state index is 0.233. The fraction of sp³-hybridized carbons (Fsp3) is 1.00. The summed E-state index contributed by atoms with van der Waals surface area (Å²) in [5.41, 5.74) is 0.517. The standard InChI is InChI=1S/C16H31NO/c1-4-9-15(2,3)17-14-8-12-18-16(13-14)10-6-5-7-11-16/h14,17H,4-13H2,1-3H3. The van der Waals surface area contributed by atoms with Crippen LogP contribution in [0.3, 0.4) is 0 Å². The Morgan fingerprint density at radius 2 is 1.94 bits per heavy atom. The third-order valence-corrected chi connectivity index (χ3v) is 4.73. The summed E-state index contributed by atoms with van der Waals surface area (Å²) in [6, 6.07) is 0.665. The van der Waals surface area contributed by atoms with E-state index in [4.69, 9.17) is 4.74 Å². The molecule has 1 aliphatic heterocycles. The number of ether oxygens (including phenoxy) is 1. The lowest BCUT2D eigenvalue weighted by molar-refractivity contribution is -0.111. The summed E-state index contributed by atoms with van der Waals surface area (Å²) in [5, 5.41) is 3.89. The molecular formula is C16H31NO. The van der Waals surface area contributed by atoms with Crippen LogP contribution in [0.1, 0.15) is 78.6 Å². The van der Waals surface area contributed by atoms with Crippen LogP contribution in [-0.4, -0.2) is 23.8 Å². The second-order valence-electron chi connectivity index (χ2n) is 7.06. The van der Waals surface area contributed by atoms with Gasteiger partial charge in [0.05, 0.1) is 5.60 Å². The zero-order chi connectivity index (χ0) is 13.1. The van der Waals surface area contributed by atoms with Crippen molar-refractivity contribution in [1.82, 2.24) is 5.32 Å². The second kappa shape index (κ2) is 5.92. The van der Waals surface area contributed by atoms with Crippen molar-refractivity contribution in [1.29, 1.82) is 0 Å². The van der Waals surface area contributed by atoms with Gasteiger partial charge in [-0.25, -0.2) is 0 Å². The highest BCUT2D eigenvalue weighted by atomic mass is 16.5. The van der Waals surface area contributed by atoms with Crippen molar-refractivity contribution in [2.45, 2.75) is 95.7 Å². The summed E-state index contributed by atoms with van der Waals surface area (Å²) < 4.78 is 6.17. The minimum Gasteiger partial charge on any atom is -0.375 e. The topological polar surface area (TPSA) is 21.3 Å². The van der Waals surface area contributed by atoms with Gasteiger partial charge in [-0.15, -0.1) is 0 Å². The predicted octanol–water partition coefficient (Wildman–Crippen LogP) is 4.04. The lowest BCUT2D eigenvalue weighted by Gasteiger charge is -2.45. The van der Waals surface area contributed by atoms with Crippen LogP contribution in [0, 0.1) is 0 Å². The van der Waals surface area contributed by atoms with Crippen LogP contribution < -0.4 is 5.32 Å². The van der Waals surface area contributed by atoms with Gasteiger partial charge in [0.2, 0.25) is 0 Å². The maximum atomic E-state index is 6.17. The van der Waals surface area contributed by atoms with Crippen LogP contribution in [0.2, 0.25) is 0 Å². The number of hydrogen-bond donors (Lipinski definition) is 1. The molecule has 1 heterocycles. The fourth-order valence-electron chi connectivity index (χ4n) is 3.95. The highest BCUT2D eigenvalue weighted by Crippen LogP contribution is 2.39. The van der Waals surface area contributed by atoms with E-state index in [1.807, 2.05) is 0 Å². The Bertz CT molecular complexity index is 250. The smallest absolute Gasteiger partial charge is 0.0697 e. The molecule has 0 amide bonds. The molecule has 1 atom stereocenters. The average Bonchev–Trinajstić information content (AvgIpc) is 2.29. The summed E-state index contributed by atoms with van der Waals surface area (Å²) in [4.78, 5) is 0. The average molecular weight is 253 g/mol. The molecule has 18 heavy (non-hydrogen) atoms. The molecule has 0 aromatic rings. The first-order chi connectivity index (χ1) is 8.55. The van der Waals surface area contributed by atoms with E-state index in [9.17, 15) is 0 Å². The van der Waals surface area contributed by atoms with E-state index >= 15 is 0 Å². The maximum absolute atomic E-state index is 6.17. The van der Waals surface area contributed by atoms with E-state index in [1.165, 1.54) is 57.8 Å². The van der Waals surface area contributed by atoms with Gasteiger partial charge in [0.15, 0.2) is 0 Å². The largest absolute Gasteiger partial charge is 0.375 e. The Hall–Kier alpha value is -0.0800. The molecule has 1 unspecified atom stereocenters. The summed E-state index contributed by atoms with van der Waals surface area (Å²) >= 11 is 0. The third kappa shape index (κ3) is 3.71. The fourth-order valence-corrected chi connectivity index (χ4v) is 3.95. The summed E-state index contributed by atoms with van der Waals surface area (Å²) in [5.74, 6) is 0. The Balaban J connectivity index is 1.90. The molecule has 1 saturated carbocycles. The van der Waals surface area contributed by atoms with Gasteiger partial charge in [0.1, 0.15) is 0 Å². The van der Waals surface area contributed by atoms with Gasteiger partial charge in [0.25, 0.3) is 0 Å². The van der Waals surface area contributed by atoms with Crippen molar-refractivity contribution in [3.8, 4) is 0 Å². The Kier molecular flexibility index (Phi) is 4.71. The van der Waals surface area contributed by atoms with Gasteiger partial charge < -0.3 is 10.1 Å². The van der Waals surface area contributed by atoms with Crippen LogP contribution in [-0.2, 0) is 4.74 Å². The van der Waals surface area contributed by atoms with Crippen LogP contribution in [0.25, 0.3) is 0 Å². The van der Waals surface area contributed by atoms with Crippen molar-refractivity contribution < 1.29 is 4.74 Å². The zero-order valence-electron chi connectivity index (χ0n) is 12.6. The van der Waals surface area contributed by atoms with Crippen LogP contribution in [0.4, 0.5) is 0 Å². The zero-order valence-corrected chi connectivity index (χ0v) is 12.6. The first-order valence-electron chi connectivity index (χ1n) is 7.97. The number of nitrogens with one attached hydrogen (secondary N) is 1. The molecular weight excluding hydrogens is 222 g/mol. The Morgan fingerprint density at radius 3 is 2.61 bits per heavy atom. The molecule has 0 radical (unpaired) electrons. The first-order valence-corrected chi connectivity index (χ1v) is 7.97. The molecule has 1 saturated heterocycles. The normalized spacial score (nSPS) is 28.5. The van der Waals surface area contributed by atoms with E-state index < -0.39 is 0 Å². The molecule has 0 aromatic heterocycles. The molecule has 0 aromatic carbocycles. The highest BCUT2D eigenvalue weighted by Gasteiger charge is 2.39. The SMILES string of the molecule is CCCC(C)(C)NC1CCOC2(CCCCC2)C1. The van der Waals surface area contributed by atoms with E-state index in [1.54, 1.807) is 0 Å². The molecule has 1 spiro atoms. The monoisotopic (exact) mass is 253 g/mol. The molecule has 2 rings (SSSR count). The Morgan fingerprint density at radius 1 is 1.22 bits per heavy atom. The molecule has 2 nitrogen and oxygen atoms in total.